The Labute approximate surface area is 166 Å². The van der Waals surface area contributed by atoms with Crippen LogP contribution < -0.4 is 20.1 Å². The van der Waals surface area contributed by atoms with E-state index in [0.717, 1.165) is 29.6 Å². The monoisotopic (exact) mass is 390 g/mol. The minimum Gasteiger partial charge on any atom is -0.454 e. The highest BCUT2D eigenvalue weighted by Gasteiger charge is 2.39. The largest absolute Gasteiger partial charge is 0.454 e. The van der Waals surface area contributed by atoms with Crippen molar-refractivity contribution in [3.05, 3.63) is 23.8 Å². The van der Waals surface area contributed by atoms with Crippen LogP contribution in [0, 0.1) is 0 Å². The van der Waals surface area contributed by atoms with E-state index >= 15 is 0 Å². The maximum absolute atomic E-state index is 5.46. The number of nitrogens with zero attached hydrogens (tertiary/aromatic N) is 2. The third kappa shape index (κ3) is 4.29. The molecule has 1 aliphatic carbocycles. The van der Waals surface area contributed by atoms with E-state index in [-0.39, 0.29) is 0 Å². The van der Waals surface area contributed by atoms with Crippen LogP contribution in [0.25, 0.3) is 0 Å². The lowest BCUT2D eigenvalue weighted by atomic mass is 9.94. The van der Waals surface area contributed by atoms with Crippen LogP contribution in [0.4, 0.5) is 0 Å². The molecule has 2 fully saturated rings. The summed E-state index contributed by atoms with van der Waals surface area (Å²) in [6.07, 6.45) is 5.27. The molecule has 1 aromatic carbocycles. The lowest BCUT2D eigenvalue weighted by molar-refractivity contribution is 0.107. The Morgan fingerprint density at radius 2 is 1.93 bits per heavy atom. The predicted molar refractivity (Wildman–Crippen MR) is 111 cm³/mol. The molecule has 2 N–H and O–H groups in total. The van der Waals surface area contributed by atoms with E-state index in [4.69, 9.17) is 9.47 Å². The molecular formula is C20H30N4O2S. The number of thioether (sulfide) groups is 1. The van der Waals surface area contributed by atoms with Crippen molar-refractivity contribution in [3.8, 4) is 11.5 Å². The van der Waals surface area contributed by atoms with Gasteiger partial charge in [-0.25, -0.2) is 0 Å². The first-order valence-corrected chi connectivity index (χ1v) is 11.1. The van der Waals surface area contributed by atoms with Gasteiger partial charge in [0.2, 0.25) is 6.79 Å². The van der Waals surface area contributed by atoms with Crippen LogP contribution in [0.5, 0.6) is 11.5 Å². The predicted octanol–water partition coefficient (Wildman–Crippen LogP) is 2.44. The zero-order valence-electron chi connectivity index (χ0n) is 16.1. The van der Waals surface area contributed by atoms with Crippen LogP contribution in [0.1, 0.15) is 31.2 Å². The molecular weight excluding hydrogens is 360 g/mol. The van der Waals surface area contributed by atoms with Crippen LogP contribution in [0.3, 0.4) is 0 Å². The first-order valence-electron chi connectivity index (χ1n) is 9.95. The van der Waals surface area contributed by atoms with Crippen molar-refractivity contribution in [2.24, 2.45) is 4.99 Å². The molecule has 1 saturated carbocycles. The minimum absolute atomic E-state index is 0.303. The Balaban J connectivity index is 1.33. The van der Waals surface area contributed by atoms with Gasteiger partial charge >= 0.3 is 0 Å². The molecule has 1 aromatic rings. The fourth-order valence-electron chi connectivity index (χ4n) is 4.38. The smallest absolute Gasteiger partial charge is 0.231 e. The van der Waals surface area contributed by atoms with Crippen LogP contribution in [0.2, 0.25) is 0 Å². The molecule has 27 heavy (non-hydrogen) atoms. The standard InChI is InChI=1S/C20H30N4O2S/c1-21-19(22-13-16-4-5-17-18(12-16)26-15-25-17)23-14-20(6-2-3-7-20)24-8-10-27-11-9-24/h4-5,12H,2-3,6-11,13-15H2,1H3,(H2,21,22,23). The molecule has 7 heteroatoms. The maximum Gasteiger partial charge on any atom is 0.231 e. The molecule has 2 heterocycles. The molecule has 0 bridgehead atoms. The summed E-state index contributed by atoms with van der Waals surface area (Å²) in [4.78, 5) is 7.16. The number of hydrogen-bond donors (Lipinski definition) is 2. The zero-order valence-corrected chi connectivity index (χ0v) is 16.9. The van der Waals surface area contributed by atoms with Crippen molar-refractivity contribution in [2.45, 2.75) is 37.8 Å². The van der Waals surface area contributed by atoms with E-state index in [0.29, 0.717) is 18.9 Å². The summed E-state index contributed by atoms with van der Waals surface area (Å²) in [5.74, 6) is 5.04. The van der Waals surface area contributed by atoms with Crippen molar-refractivity contribution >= 4 is 17.7 Å². The minimum atomic E-state index is 0.303. The second-order valence-corrected chi connectivity index (χ2v) is 8.72. The first-order chi connectivity index (χ1) is 13.3. The van der Waals surface area contributed by atoms with Crippen molar-refractivity contribution in [1.82, 2.24) is 15.5 Å². The average molecular weight is 391 g/mol. The summed E-state index contributed by atoms with van der Waals surface area (Å²) < 4.78 is 10.8. The highest BCUT2D eigenvalue weighted by Crippen LogP contribution is 2.36. The van der Waals surface area contributed by atoms with E-state index in [9.17, 15) is 0 Å². The van der Waals surface area contributed by atoms with Gasteiger partial charge in [0, 0.05) is 50.3 Å². The third-order valence-corrected chi connectivity index (χ3v) is 6.86. The molecule has 0 amide bonds. The summed E-state index contributed by atoms with van der Waals surface area (Å²) in [5, 5.41) is 7.05. The van der Waals surface area contributed by atoms with Gasteiger partial charge in [-0.3, -0.25) is 9.89 Å². The fourth-order valence-corrected chi connectivity index (χ4v) is 5.28. The molecule has 4 rings (SSSR count). The second-order valence-electron chi connectivity index (χ2n) is 7.50. The maximum atomic E-state index is 5.46. The number of nitrogens with one attached hydrogen (secondary N) is 2. The van der Waals surface area contributed by atoms with E-state index in [1.807, 2.05) is 19.2 Å². The van der Waals surface area contributed by atoms with Gasteiger partial charge in [-0.1, -0.05) is 18.9 Å². The Morgan fingerprint density at radius 3 is 2.70 bits per heavy atom. The average Bonchev–Trinajstić information content (AvgIpc) is 3.38. The molecule has 6 nitrogen and oxygen atoms in total. The number of hydrogen-bond acceptors (Lipinski definition) is 5. The Hall–Kier alpha value is -1.60. The summed E-state index contributed by atoms with van der Waals surface area (Å²) >= 11 is 2.08. The number of ether oxygens (including phenoxy) is 2. The Kier molecular flexibility index (Phi) is 5.98. The lowest BCUT2D eigenvalue weighted by Gasteiger charge is -2.43. The molecule has 0 aromatic heterocycles. The van der Waals surface area contributed by atoms with Gasteiger partial charge in [0.15, 0.2) is 17.5 Å². The number of rotatable bonds is 5. The third-order valence-electron chi connectivity index (χ3n) is 5.92. The summed E-state index contributed by atoms with van der Waals surface area (Å²) in [6, 6.07) is 6.07. The fraction of sp³-hybridized carbons (Fsp3) is 0.650. The number of benzene rings is 1. The van der Waals surface area contributed by atoms with E-state index in [1.54, 1.807) is 0 Å². The Bertz CT molecular complexity index is 670. The van der Waals surface area contributed by atoms with Gasteiger partial charge in [0.25, 0.3) is 0 Å². The van der Waals surface area contributed by atoms with E-state index in [1.165, 1.54) is 50.3 Å². The Morgan fingerprint density at radius 1 is 1.15 bits per heavy atom. The van der Waals surface area contributed by atoms with Crippen molar-refractivity contribution in [3.63, 3.8) is 0 Å². The number of fused-ring (bicyclic) bond motifs is 1. The van der Waals surface area contributed by atoms with Gasteiger partial charge in [-0.05, 0) is 30.5 Å². The van der Waals surface area contributed by atoms with Gasteiger partial charge in [-0.2, -0.15) is 11.8 Å². The van der Waals surface area contributed by atoms with Crippen molar-refractivity contribution in [2.75, 3.05) is 45.0 Å². The van der Waals surface area contributed by atoms with Gasteiger partial charge in [-0.15, -0.1) is 0 Å². The van der Waals surface area contributed by atoms with Crippen LogP contribution in [0.15, 0.2) is 23.2 Å². The van der Waals surface area contributed by atoms with Crippen molar-refractivity contribution in [1.29, 1.82) is 0 Å². The van der Waals surface area contributed by atoms with E-state index in [2.05, 4.69) is 38.4 Å². The second kappa shape index (κ2) is 8.61. The van der Waals surface area contributed by atoms with E-state index < -0.39 is 0 Å². The molecule has 0 unspecified atom stereocenters. The quantitative estimate of drug-likeness (QED) is 0.595. The number of guanidine groups is 1. The lowest BCUT2D eigenvalue weighted by Crippen LogP contribution is -2.57. The molecule has 0 spiro atoms. The molecule has 1 saturated heterocycles. The summed E-state index contributed by atoms with van der Waals surface area (Å²) in [6.45, 7) is 4.43. The number of aliphatic imine (C=N–C) groups is 1. The SMILES string of the molecule is CN=C(NCc1ccc2c(c1)OCO2)NCC1(N2CCSCC2)CCCC1. The molecule has 0 radical (unpaired) electrons. The van der Waals surface area contributed by atoms with Crippen LogP contribution in [-0.2, 0) is 6.54 Å². The van der Waals surface area contributed by atoms with Gasteiger partial charge < -0.3 is 20.1 Å². The van der Waals surface area contributed by atoms with Crippen molar-refractivity contribution < 1.29 is 9.47 Å². The van der Waals surface area contributed by atoms with Crippen LogP contribution in [-0.4, -0.2) is 61.4 Å². The van der Waals surface area contributed by atoms with Gasteiger partial charge in [0.05, 0.1) is 0 Å². The normalized spacial score (nSPS) is 22.0. The van der Waals surface area contributed by atoms with Crippen LogP contribution >= 0.6 is 11.8 Å². The zero-order chi connectivity index (χ0) is 18.5. The highest BCUT2D eigenvalue weighted by molar-refractivity contribution is 7.99. The topological polar surface area (TPSA) is 58.1 Å². The first kappa shape index (κ1) is 18.7. The molecule has 0 atom stereocenters. The summed E-state index contributed by atoms with van der Waals surface area (Å²) in [5.41, 5.74) is 1.46. The molecule has 148 valence electrons. The highest BCUT2D eigenvalue weighted by atomic mass is 32.2. The molecule has 3 aliphatic rings. The summed E-state index contributed by atoms with van der Waals surface area (Å²) in [7, 11) is 1.84. The van der Waals surface area contributed by atoms with Gasteiger partial charge in [0.1, 0.15) is 0 Å². The molecule has 2 aliphatic heterocycles.